The molecule has 0 aromatic heterocycles. The van der Waals surface area contributed by atoms with Gasteiger partial charge in [-0.05, 0) is 68.3 Å². The van der Waals surface area contributed by atoms with Gasteiger partial charge in [0, 0.05) is 11.1 Å². The summed E-state index contributed by atoms with van der Waals surface area (Å²) in [6.07, 6.45) is 14.1. The van der Waals surface area contributed by atoms with E-state index in [2.05, 4.69) is 6.92 Å². The average molecular weight is 375 g/mol. The summed E-state index contributed by atoms with van der Waals surface area (Å²) in [6, 6.07) is 5.59. The lowest BCUT2D eigenvalue weighted by atomic mass is 9.67. The second-order valence-electron chi connectivity index (χ2n) is 8.60. The van der Waals surface area contributed by atoms with Crippen LogP contribution in [0.2, 0.25) is 0 Å². The number of hydrogen-bond acceptors (Lipinski definition) is 2. The summed E-state index contributed by atoms with van der Waals surface area (Å²) in [7, 11) is 0. The number of aldehydes is 1. The second-order valence-corrected chi connectivity index (χ2v) is 8.60. The fourth-order valence-corrected chi connectivity index (χ4v) is 5.61. The van der Waals surface area contributed by atoms with Crippen LogP contribution in [0, 0.1) is 17.8 Å². The predicted molar refractivity (Wildman–Crippen MR) is 108 cm³/mol. The lowest BCUT2D eigenvalue weighted by Crippen LogP contribution is -2.25. The Labute approximate surface area is 163 Å². The van der Waals surface area contributed by atoms with Crippen molar-refractivity contribution in [1.82, 2.24) is 0 Å². The highest BCUT2D eigenvalue weighted by atomic mass is 19.1. The van der Waals surface area contributed by atoms with E-state index in [-0.39, 0.29) is 6.61 Å². The third-order valence-electron chi connectivity index (χ3n) is 7.00. The first kappa shape index (κ1) is 20.4. The number of alkyl halides is 1. The molecule has 0 amide bonds. The minimum atomic E-state index is -0.502. The van der Waals surface area contributed by atoms with Crippen LogP contribution in [-0.2, 0) is 0 Å². The summed E-state index contributed by atoms with van der Waals surface area (Å²) in [4.78, 5) is 11.6. The zero-order chi connectivity index (χ0) is 19.1. The van der Waals surface area contributed by atoms with Gasteiger partial charge in [-0.1, -0.05) is 44.7 Å². The van der Waals surface area contributed by atoms with Crippen LogP contribution < -0.4 is 4.74 Å². The van der Waals surface area contributed by atoms with E-state index >= 15 is 0 Å². The molecular formula is C24H35FO2. The molecule has 2 fully saturated rings. The van der Waals surface area contributed by atoms with Gasteiger partial charge in [-0.2, -0.15) is 0 Å². The Balaban J connectivity index is 1.60. The van der Waals surface area contributed by atoms with E-state index in [1.807, 2.05) is 18.2 Å². The SMILES string of the molecule is CCCC1CCC(C2CCC(c3c(C=O)cccc3OCCF)CC2)CC1. The van der Waals surface area contributed by atoms with Crippen LogP contribution in [0.25, 0.3) is 0 Å². The summed E-state index contributed by atoms with van der Waals surface area (Å²) in [5.74, 6) is 3.80. The Morgan fingerprint density at radius 3 is 2.30 bits per heavy atom. The van der Waals surface area contributed by atoms with Crippen LogP contribution in [0.15, 0.2) is 18.2 Å². The van der Waals surface area contributed by atoms with Gasteiger partial charge in [-0.15, -0.1) is 0 Å². The topological polar surface area (TPSA) is 26.3 Å². The van der Waals surface area contributed by atoms with Crippen molar-refractivity contribution in [2.75, 3.05) is 13.3 Å². The van der Waals surface area contributed by atoms with Crippen molar-refractivity contribution in [1.29, 1.82) is 0 Å². The molecule has 2 aliphatic rings. The number of halogens is 1. The highest BCUT2D eigenvalue weighted by Crippen LogP contribution is 2.46. The van der Waals surface area contributed by atoms with E-state index in [1.165, 1.54) is 51.4 Å². The number of rotatable bonds is 8. The van der Waals surface area contributed by atoms with Gasteiger partial charge in [0.25, 0.3) is 0 Å². The van der Waals surface area contributed by atoms with Crippen molar-refractivity contribution in [3.8, 4) is 5.75 Å². The van der Waals surface area contributed by atoms with E-state index in [1.54, 1.807) is 0 Å². The molecule has 0 radical (unpaired) electrons. The summed E-state index contributed by atoms with van der Waals surface area (Å²) in [5.41, 5.74) is 1.74. The van der Waals surface area contributed by atoms with Gasteiger partial charge < -0.3 is 4.74 Å². The smallest absolute Gasteiger partial charge is 0.150 e. The van der Waals surface area contributed by atoms with Crippen molar-refractivity contribution >= 4 is 6.29 Å². The largest absolute Gasteiger partial charge is 0.491 e. The maximum atomic E-state index is 12.6. The average Bonchev–Trinajstić information content (AvgIpc) is 2.73. The number of carbonyl (C=O) groups excluding carboxylic acids is 1. The molecule has 27 heavy (non-hydrogen) atoms. The van der Waals surface area contributed by atoms with Crippen LogP contribution in [0.4, 0.5) is 4.39 Å². The molecule has 150 valence electrons. The molecule has 2 saturated carbocycles. The molecule has 0 spiro atoms. The van der Waals surface area contributed by atoms with Gasteiger partial charge in [0.1, 0.15) is 25.3 Å². The number of benzene rings is 1. The molecule has 0 aliphatic heterocycles. The molecule has 0 N–H and O–H groups in total. The molecule has 0 bridgehead atoms. The maximum Gasteiger partial charge on any atom is 0.150 e. The quantitative estimate of drug-likeness (QED) is 0.472. The zero-order valence-electron chi connectivity index (χ0n) is 16.8. The van der Waals surface area contributed by atoms with Crippen LogP contribution in [0.5, 0.6) is 5.75 Å². The Kier molecular flexibility index (Phi) is 7.72. The third kappa shape index (κ3) is 5.12. The lowest BCUT2D eigenvalue weighted by molar-refractivity contribution is 0.112. The molecule has 0 heterocycles. The van der Waals surface area contributed by atoms with Gasteiger partial charge in [-0.25, -0.2) is 4.39 Å². The Hall–Kier alpha value is -1.38. The van der Waals surface area contributed by atoms with Crippen LogP contribution >= 0.6 is 0 Å². The number of hydrogen-bond donors (Lipinski definition) is 0. The third-order valence-corrected chi connectivity index (χ3v) is 7.00. The van der Waals surface area contributed by atoms with Crippen molar-refractivity contribution < 1.29 is 13.9 Å². The standard InChI is InChI=1S/C24H35FO2/c1-2-4-18-7-9-19(10-8-18)20-11-13-21(14-12-20)24-22(17-26)5-3-6-23(24)27-16-15-25/h3,5-6,17-21H,2,4,7-16H2,1H3. The molecule has 0 atom stereocenters. The lowest BCUT2D eigenvalue weighted by Gasteiger charge is -2.38. The molecule has 3 heteroatoms. The predicted octanol–water partition coefficient (Wildman–Crippen LogP) is 6.73. The van der Waals surface area contributed by atoms with E-state index in [0.717, 1.165) is 48.0 Å². The summed E-state index contributed by atoms with van der Waals surface area (Å²) < 4.78 is 18.2. The molecule has 3 rings (SSSR count). The van der Waals surface area contributed by atoms with Crippen molar-refractivity contribution in [2.24, 2.45) is 17.8 Å². The van der Waals surface area contributed by atoms with Gasteiger partial charge >= 0.3 is 0 Å². The van der Waals surface area contributed by atoms with Gasteiger partial charge in [0.2, 0.25) is 0 Å². The highest BCUT2D eigenvalue weighted by Gasteiger charge is 2.32. The van der Waals surface area contributed by atoms with Crippen molar-refractivity contribution in [2.45, 2.75) is 77.0 Å². The van der Waals surface area contributed by atoms with Gasteiger partial charge in [-0.3, -0.25) is 4.79 Å². The van der Waals surface area contributed by atoms with Crippen LogP contribution in [0.3, 0.4) is 0 Å². The number of carbonyl (C=O) groups is 1. The number of ether oxygens (including phenoxy) is 1. The van der Waals surface area contributed by atoms with E-state index in [0.29, 0.717) is 11.7 Å². The molecular weight excluding hydrogens is 339 g/mol. The first-order chi connectivity index (χ1) is 13.3. The van der Waals surface area contributed by atoms with E-state index < -0.39 is 6.67 Å². The second kappa shape index (κ2) is 10.2. The Morgan fingerprint density at radius 2 is 1.70 bits per heavy atom. The Morgan fingerprint density at radius 1 is 1.04 bits per heavy atom. The monoisotopic (exact) mass is 374 g/mol. The summed E-state index contributed by atoms with van der Waals surface area (Å²) in [6.45, 7) is 1.86. The molecule has 0 saturated heterocycles. The van der Waals surface area contributed by atoms with Crippen molar-refractivity contribution in [3.05, 3.63) is 29.3 Å². The molecule has 0 unspecified atom stereocenters. The minimum Gasteiger partial charge on any atom is -0.491 e. The first-order valence-electron chi connectivity index (χ1n) is 11.0. The molecule has 1 aromatic carbocycles. The van der Waals surface area contributed by atoms with Crippen LogP contribution in [-0.4, -0.2) is 19.6 Å². The van der Waals surface area contributed by atoms with Gasteiger partial charge in [0.05, 0.1) is 0 Å². The normalized spacial score (nSPS) is 28.7. The van der Waals surface area contributed by atoms with Crippen molar-refractivity contribution in [3.63, 3.8) is 0 Å². The fourth-order valence-electron chi connectivity index (χ4n) is 5.61. The Bertz CT molecular complexity index is 584. The van der Waals surface area contributed by atoms with E-state index in [4.69, 9.17) is 4.74 Å². The molecule has 2 nitrogen and oxygen atoms in total. The minimum absolute atomic E-state index is 0.0612. The molecule has 2 aliphatic carbocycles. The zero-order valence-corrected chi connectivity index (χ0v) is 16.8. The summed E-state index contributed by atoms with van der Waals surface area (Å²) in [5, 5.41) is 0. The summed E-state index contributed by atoms with van der Waals surface area (Å²) >= 11 is 0. The van der Waals surface area contributed by atoms with Gasteiger partial charge in [0.15, 0.2) is 0 Å². The molecule has 1 aromatic rings. The maximum absolute atomic E-state index is 12.6. The van der Waals surface area contributed by atoms with Crippen LogP contribution in [0.1, 0.15) is 93.0 Å². The van der Waals surface area contributed by atoms with E-state index in [9.17, 15) is 9.18 Å². The highest BCUT2D eigenvalue weighted by molar-refractivity contribution is 5.79. The fraction of sp³-hybridized carbons (Fsp3) is 0.708. The first-order valence-corrected chi connectivity index (χ1v) is 11.0.